The van der Waals surface area contributed by atoms with E-state index >= 15 is 0 Å². The van der Waals surface area contributed by atoms with Gasteiger partial charge in [0.2, 0.25) is 18.6 Å². The van der Waals surface area contributed by atoms with E-state index in [9.17, 15) is 9.59 Å². The van der Waals surface area contributed by atoms with Gasteiger partial charge in [-0.25, -0.2) is 0 Å². The number of hydrogen-bond donors (Lipinski definition) is 2. The summed E-state index contributed by atoms with van der Waals surface area (Å²) in [5.74, 6) is 1.54. The maximum absolute atomic E-state index is 12.1. The molecule has 1 aromatic carbocycles. The van der Waals surface area contributed by atoms with Crippen LogP contribution in [-0.4, -0.2) is 24.1 Å². The van der Waals surface area contributed by atoms with Crippen LogP contribution in [0.15, 0.2) is 18.2 Å². The molecule has 1 saturated heterocycles. The van der Waals surface area contributed by atoms with Crippen LogP contribution in [0.5, 0.6) is 11.5 Å². The zero-order valence-corrected chi connectivity index (χ0v) is 13.3. The summed E-state index contributed by atoms with van der Waals surface area (Å²) in [5, 5.41) is 5.94. The second-order valence-corrected chi connectivity index (χ2v) is 6.15. The third-order valence-electron chi connectivity index (χ3n) is 4.67. The van der Waals surface area contributed by atoms with Gasteiger partial charge in [-0.05, 0) is 37.0 Å². The topological polar surface area (TPSA) is 76.7 Å². The highest BCUT2D eigenvalue weighted by Gasteiger charge is 2.35. The van der Waals surface area contributed by atoms with E-state index in [4.69, 9.17) is 9.47 Å². The van der Waals surface area contributed by atoms with Crippen LogP contribution in [0.2, 0.25) is 0 Å². The average Bonchev–Trinajstić information content (AvgIpc) is 3.17. The Morgan fingerprint density at radius 2 is 2.17 bits per heavy atom. The summed E-state index contributed by atoms with van der Waals surface area (Å²) in [6.45, 7) is 2.76. The quantitative estimate of drug-likeness (QED) is 0.839. The van der Waals surface area contributed by atoms with Gasteiger partial charge >= 0.3 is 0 Å². The number of ether oxygens (including phenoxy) is 2. The number of amides is 2. The Labute approximate surface area is 135 Å². The molecule has 1 fully saturated rings. The first kappa shape index (κ1) is 15.6. The van der Waals surface area contributed by atoms with Crippen molar-refractivity contribution in [1.29, 1.82) is 0 Å². The Hall–Kier alpha value is -2.24. The minimum atomic E-state index is -0.201. The summed E-state index contributed by atoms with van der Waals surface area (Å²) in [4.78, 5) is 23.5. The van der Waals surface area contributed by atoms with Gasteiger partial charge in [0.15, 0.2) is 11.5 Å². The molecule has 6 nitrogen and oxygen atoms in total. The van der Waals surface area contributed by atoms with Crippen molar-refractivity contribution in [3.63, 3.8) is 0 Å². The fourth-order valence-corrected chi connectivity index (χ4v) is 3.10. The predicted octanol–water partition coefficient (Wildman–Crippen LogP) is 1.87. The van der Waals surface area contributed by atoms with Crippen molar-refractivity contribution in [3.8, 4) is 11.5 Å². The fraction of sp³-hybridized carbons (Fsp3) is 0.529. The molecule has 6 heteroatoms. The maximum Gasteiger partial charge on any atom is 0.231 e. The predicted molar refractivity (Wildman–Crippen MR) is 84.0 cm³/mol. The van der Waals surface area contributed by atoms with Crippen LogP contribution < -0.4 is 20.1 Å². The molecule has 2 aliphatic rings. The number of hydrogen-bond acceptors (Lipinski definition) is 4. The number of nitrogens with one attached hydrogen (secondary N) is 2. The first-order valence-corrected chi connectivity index (χ1v) is 8.06. The Morgan fingerprint density at radius 3 is 2.91 bits per heavy atom. The Bertz CT molecular complexity index is 617. The zero-order chi connectivity index (χ0) is 16.3. The molecule has 2 aliphatic heterocycles. The highest BCUT2D eigenvalue weighted by atomic mass is 16.7. The van der Waals surface area contributed by atoms with Crippen molar-refractivity contribution in [2.75, 3.05) is 6.79 Å². The van der Waals surface area contributed by atoms with Gasteiger partial charge in [-0.1, -0.05) is 13.0 Å². The van der Waals surface area contributed by atoms with Gasteiger partial charge in [0.05, 0.1) is 0 Å². The van der Waals surface area contributed by atoms with Crippen LogP contribution in [0.4, 0.5) is 0 Å². The minimum Gasteiger partial charge on any atom is -0.454 e. The Kier molecular flexibility index (Phi) is 4.41. The zero-order valence-electron chi connectivity index (χ0n) is 13.3. The minimum absolute atomic E-state index is 0.00311. The molecule has 1 atom stereocenters. The number of carbonyl (C=O) groups excluding carboxylic acids is 2. The molecule has 0 radical (unpaired) electrons. The summed E-state index contributed by atoms with van der Waals surface area (Å²) in [6.07, 6.45) is 3.33. The molecule has 0 aromatic heterocycles. The van der Waals surface area contributed by atoms with Crippen molar-refractivity contribution < 1.29 is 19.1 Å². The second-order valence-electron chi connectivity index (χ2n) is 6.15. The molecular formula is C17H22N2O4. The molecule has 1 aromatic rings. The van der Waals surface area contributed by atoms with Gasteiger partial charge in [-0.15, -0.1) is 0 Å². The van der Waals surface area contributed by atoms with Crippen molar-refractivity contribution in [2.24, 2.45) is 0 Å². The fourth-order valence-electron chi connectivity index (χ4n) is 3.10. The monoisotopic (exact) mass is 318 g/mol. The summed E-state index contributed by atoms with van der Waals surface area (Å²) >= 11 is 0. The smallest absolute Gasteiger partial charge is 0.231 e. The van der Waals surface area contributed by atoms with Crippen LogP contribution >= 0.6 is 0 Å². The van der Waals surface area contributed by atoms with Gasteiger partial charge in [0.25, 0.3) is 0 Å². The maximum atomic E-state index is 12.1. The molecule has 3 rings (SSSR count). The first-order chi connectivity index (χ1) is 11.1. The van der Waals surface area contributed by atoms with Crippen LogP contribution in [0.25, 0.3) is 0 Å². The van der Waals surface area contributed by atoms with Crippen LogP contribution in [-0.2, 0) is 16.1 Å². The summed E-state index contributed by atoms with van der Waals surface area (Å²) in [6, 6.07) is 5.65. The van der Waals surface area contributed by atoms with Crippen molar-refractivity contribution in [1.82, 2.24) is 10.6 Å². The van der Waals surface area contributed by atoms with Gasteiger partial charge in [-0.3, -0.25) is 9.59 Å². The van der Waals surface area contributed by atoms with E-state index in [0.717, 1.165) is 29.9 Å². The van der Waals surface area contributed by atoms with Crippen LogP contribution in [0, 0.1) is 0 Å². The molecule has 2 amide bonds. The molecule has 0 bridgehead atoms. The van der Waals surface area contributed by atoms with Gasteiger partial charge in [0, 0.05) is 24.9 Å². The average molecular weight is 318 g/mol. The summed E-state index contributed by atoms with van der Waals surface area (Å²) in [5.41, 5.74) is 0.773. The molecule has 23 heavy (non-hydrogen) atoms. The summed E-state index contributed by atoms with van der Waals surface area (Å²) in [7, 11) is 0. The number of fused-ring (bicyclic) bond motifs is 1. The lowest BCUT2D eigenvalue weighted by Gasteiger charge is -2.27. The van der Waals surface area contributed by atoms with E-state index in [1.54, 1.807) is 0 Å². The SMILES string of the molecule is CCC1(CCC(=O)NCc2ccc3c(c2)OCO3)CCC(=O)N1. The van der Waals surface area contributed by atoms with E-state index in [2.05, 4.69) is 17.6 Å². The van der Waals surface area contributed by atoms with Gasteiger partial charge in [-0.2, -0.15) is 0 Å². The number of rotatable bonds is 6. The highest BCUT2D eigenvalue weighted by molar-refractivity contribution is 5.80. The normalized spacial score (nSPS) is 22.0. The lowest BCUT2D eigenvalue weighted by molar-refractivity contribution is -0.122. The van der Waals surface area contributed by atoms with Crippen molar-refractivity contribution in [3.05, 3.63) is 23.8 Å². The number of carbonyl (C=O) groups is 2. The van der Waals surface area contributed by atoms with Crippen molar-refractivity contribution >= 4 is 11.8 Å². The molecular weight excluding hydrogens is 296 g/mol. The molecule has 124 valence electrons. The first-order valence-electron chi connectivity index (χ1n) is 8.06. The second kappa shape index (κ2) is 6.48. The standard InChI is InChI=1S/C17H22N2O4/c1-2-17(8-6-16(21)19-17)7-5-15(20)18-10-12-3-4-13-14(9-12)23-11-22-13/h3-4,9H,2,5-8,10-11H2,1H3,(H,18,20)(H,19,21). The lowest BCUT2D eigenvalue weighted by atomic mass is 9.89. The molecule has 0 spiro atoms. The number of benzene rings is 1. The lowest BCUT2D eigenvalue weighted by Crippen LogP contribution is -2.42. The third-order valence-corrected chi connectivity index (χ3v) is 4.67. The van der Waals surface area contributed by atoms with E-state index in [0.29, 0.717) is 25.8 Å². The molecule has 1 unspecified atom stereocenters. The highest BCUT2D eigenvalue weighted by Crippen LogP contribution is 2.32. The molecule has 2 N–H and O–H groups in total. The third kappa shape index (κ3) is 3.57. The molecule has 0 aliphatic carbocycles. The van der Waals surface area contributed by atoms with Gasteiger partial charge < -0.3 is 20.1 Å². The Morgan fingerprint density at radius 1 is 1.35 bits per heavy atom. The van der Waals surface area contributed by atoms with E-state index in [-0.39, 0.29) is 24.1 Å². The van der Waals surface area contributed by atoms with E-state index < -0.39 is 0 Å². The van der Waals surface area contributed by atoms with E-state index in [1.165, 1.54) is 0 Å². The van der Waals surface area contributed by atoms with Crippen LogP contribution in [0.1, 0.15) is 44.6 Å². The van der Waals surface area contributed by atoms with Crippen molar-refractivity contribution in [2.45, 2.75) is 51.1 Å². The summed E-state index contributed by atoms with van der Waals surface area (Å²) < 4.78 is 10.6. The molecule has 0 saturated carbocycles. The largest absolute Gasteiger partial charge is 0.454 e. The van der Waals surface area contributed by atoms with Gasteiger partial charge in [0.1, 0.15) is 0 Å². The van der Waals surface area contributed by atoms with Crippen LogP contribution in [0.3, 0.4) is 0 Å². The van der Waals surface area contributed by atoms with E-state index in [1.807, 2.05) is 18.2 Å². The molecule has 2 heterocycles. The Balaban J connectivity index is 1.47.